The molecule has 0 bridgehead atoms. The summed E-state index contributed by atoms with van der Waals surface area (Å²) in [4.78, 5) is 5.96. The molecule has 0 atom stereocenters. The van der Waals surface area contributed by atoms with Gasteiger partial charge >= 0.3 is 5.51 Å². The maximum Gasteiger partial charge on any atom is 0.441 e. The number of thioether (sulfide) groups is 1. The standard InChI is InChI=1S/C12H22F3N3O2S2/c1-4-16-10(17-5-7-21-12(13,14)15)18-6-8-22(19,20)11(2,3)9-18/h4-9H2,1-3H3,(H,16,17). The smallest absolute Gasteiger partial charge is 0.357 e. The number of nitrogens with zero attached hydrogens (tertiary/aromatic N) is 2. The van der Waals surface area contributed by atoms with Gasteiger partial charge in [-0.3, -0.25) is 4.99 Å². The summed E-state index contributed by atoms with van der Waals surface area (Å²) in [6.07, 6.45) is 0. The van der Waals surface area contributed by atoms with E-state index in [4.69, 9.17) is 0 Å². The average molecular weight is 361 g/mol. The van der Waals surface area contributed by atoms with E-state index in [0.717, 1.165) is 0 Å². The molecular formula is C12H22F3N3O2S2. The van der Waals surface area contributed by atoms with Crippen molar-refractivity contribution in [3.05, 3.63) is 0 Å². The molecule has 0 spiro atoms. The number of nitrogens with one attached hydrogen (secondary N) is 1. The highest BCUT2D eigenvalue weighted by Gasteiger charge is 2.41. The van der Waals surface area contributed by atoms with Crippen LogP contribution in [0.4, 0.5) is 13.2 Å². The molecular weight excluding hydrogens is 339 g/mol. The van der Waals surface area contributed by atoms with E-state index < -0.39 is 20.1 Å². The van der Waals surface area contributed by atoms with Crippen LogP contribution in [0.3, 0.4) is 0 Å². The van der Waals surface area contributed by atoms with E-state index >= 15 is 0 Å². The van der Waals surface area contributed by atoms with Gasteiger partial charge in [-0.1, -0.05) is 0 Å². The van der Waals surface area contributed by atoms with Crippen LogP contribution in [0.1, 0.15) is 20.8 Å². The second kappa shape index (κ2) is 7.29. The molecule has 0 saturated carbocycles. The summed E-state index contributed by atoms with van der Waals surface area (Å²) in [5, 5.41) is 3.01. The second-order valence-corrected chi connectivity index (χ2v) is 9.43. The van der Waals surface area contributed by atoms with Crippen LogP contribution >= 0.6 is 11.8 Å². The molecule has 0 aliphatic carbocycles. The van der Waals surface area contributed by atoms with Gasteiger partial charge < -0.3 is 10.2 Å². The van der Waals surface area contributed by atoms with Crippen molar-refractivity contribution in [2.45, 2.75) is 31.0 Å². The lowest BCUT2D eigenvalue weighted by Gasteiger charge is -2.39. The fourth-order valence-corrected chi connectivity index (χ4v) is 3.84. The molecule has 10 heteroatoms. The van der Waals surface area contributed by atoms with Gasteiger partial charge in [-0.25, -0.2) is 8.42 Å². The first-order chi connectivity index (χ1) is 9.98. The molecule has 1 saturated heterocycles. The number of aliphatic imine (C=N–C) groups is 1. The van der Waals surface area contributed by atoms with Crippen LogP contribution in [-0.4, -0.2) is 67.2 Å². The van der Waals surface area contributed by atoms with Crippen molar-refractivity contribution in [2.75, 3.05) is 37.7 Å². The Labute approximate surface area is 133 Å². The summed E-state index contributed by atoms with van der Waals surface area (Å²) in [5.41, 5.74) is -4.25. The maximum atomic E-state index is 12.1. The predicted octanol–water partition coefficient (Wildman–Crippen LogP) is 1.71. The zero-order valence-electron chi connectivity index (χ0n) is 12.9. The lowest BCUT2D eigenvalue weighted by molar-refractivity contribution is -0.0327. The molecule has 0 unspecified atom stereocenters. The van der Waals surface area contributed by atoms with Gasteiger partial charge in [0.25, 0.3) is 0 Å². The van der Waals surface area contributed by atoms with Crippen molar-refractivity contribution in [1.29, 1.82) is 0 Å². The quantitative estimate of drug-likeness (QED) is 0.469. The van der Waals surface area contributed by atoms with Crippen molar-refractivity contribution in [1.82, 2.24) is 10.2 Å². The fourth-order valence-electron chi connectivity index (χ4n) is 2.06. The normalized spacial score (nSPS) is 21.7. The SMILES string of the molecule is CCNC(=NCCSC(F)(F)F)N1CCS(=O)(=O)C(C)(C)C1. The number of hydrogen-bond acceptors (Lipinski definition) is 4. The van der Waals surface area contributed by atoms with E-state index in [0.29, 0.717) is 19.0 Å². The van der Waals surface area contributed by atoms with Crippen LogP contribution in [0.2, 0.25) is 0 Å². The van der Waals surface area contributed by atoms with Gasteiger partial charge in [-0.15, -0.1) is 0 Å². The van der Waals surface area contributed by atoms with E-state index in [1.54, 1.807) is 18.7 Å². The molecule has 0 radical (unpaired) electrons. The zero-order chi connectivity index (χ0) is 17.0. The van der Waals surface area contributed by atoms with Crippen LogP contribution in [-0.2, 0) is 9.84 Å². The highest BCUT2D eigenvalue weighted by Crippen LogP contribution is 2.29. The second-order valence-electron chi connectivity index (χ2n) is 5.53. The third-order valence-corrected chi connectivity index (χ3v) is 6.54. The van der Waals surface area contributed by atoms with Crippen molar-refractivity contribution in [2.24, 2.45) is 4.99 Å². The minimum Gasteiger partial charge on any atom is -0.357 e. The Morgan fingerprint density at radius 3 is 2.55 bits per heavy atom. The molecule has 0 aromatic carbocycles. The van der Waals surface area contributed by atoms with E-state index in [9.17, 15) is 21.6 Å². The van der Waals surface area contributed by atoms with Crippen LogP contribution in [0.25, 0.3) is 0 Å². The van der Waals surface area contributed by atoms with Gasteiger partial charge in [0.2, 0.25) is 0 Å². The van der Waals surface area contributed by atoms with Crippen molar-refractivity contribution in [3.63, 3.8) is 0 Å². The largest absolute Gasteiger partial charge is 0.441 e. The van der Waals surface area contributed by atoms with E-state index in [2.05, 4.69) is 10.3 Å². The molecule has 0 amide bonds. The summed E-state index contributed by atoms with van der Waals surface area (Å²) >= 11 is -0.109. The Kier molecular flexibility index (Phi) is 6.43. The van der Waals surface area contributed by atoms with Crippen LogP contribution in [0, 0.1) is 0 Å². The molecule has 1 aliphatic heterocycles. The van der Waals surface area contributed by atoms with Crippen LogP contribution < -0.4 is 5.32 Å². The summed E-state index contributed by atoms with van der Waals surface area (Å²) in [5.74, 6) is 0.323. The predicted molar refractivity (Wildman–Crippen MR) is 83.9 cm³/mol. The van der Waals surface area contributed by atoms with E-state index in [-0.39, 0.29) is 36.4 Å². The van der Waals surface area contributed by atoms with Gasteiger partial charge in [-0.2, -0.15) is 13.2 Å². The number of rotatable bonds is 4. The number of guanidine groups is 1. The van der Waals surface area contributed by atoms with Crippen molar-refractivity contribution in [3.8, 4) is 0 Å². The summed E-state index contributed by atoms with van der Waals surface area (Å²) in [6.45, 7) is 6.31. The monoisotopic (exact) mass is 361 g/mol. The Bertz CT molecular complexity index is 504. The number of sulfone groups is 1. The van der Waals surface area contributed by atoms with E-state index in [1.165, 1.54) is 0 Å². The molecule has 5 nitrogen and oxygen atoms in total. The molecule has 1 fully saturated rings. The highest BCUT2D eigenvalue weighted by molar-refractivity contribution is 8.00. The lowest BCUT2D eigenvalue weighted by atomic mass is 10.2. The average Bonchev–Trinajstić information content (AvgIpc) is 2.35. The molecule has 0 aromatic rings. The minimum absolute atomic E-state index is 0.0156. The van der Waals surface area contributed by atoms with Crippen molar-refractivity contribution < 1.29 is 21.6 Å². The van der Waals surface area contributed by atoms with E-state index in [1.807, 2.05) is 6.92 Å². The van der Waals surface area contributed by atoms with Gasteiger partial charge in [0, 0.05) is 25.4 Å². The molecule has 130 valence electrons. The number of hydrogen-bond donors (Lipinski definition) is 1. The Hall–Kier alpha value is -0.640. The molecule has 1 aliphatic rings. The summed E-state index contributed by atoms with van der Waals surface area (Å²) < 4.78 is 59.3. The Morgan fingerprint density at radius 2 is 2.05 bits per heavy atom. The zero-order valence-corrected chi connectivity index (χ0v) is 14.5. The number of alkyl halides is 3. The number of halogens is 3. The first kappa shape index (κ1) is 19.4. The third kappa shape index (κ3) is 5.53. The molecule has 1 heterocycles. The van der Waals surface area contributed by atoms with Gasteiger partial charge in [0.05, 0.1) is 17.0 Å². The molecule has 22 heavy (non-hydrogen) atoms. The van der Waals surface area contributed by atoms with Crippen molar-refractivity contribution >= 4 is 27.6 Å². The molecule has 0 aromatic heterocycles. The Balaban J connectivity index is 2.71. The highest BCUT2D eigenvalue weighted by atomic mass is 32.2. The van der Waals surface area contributed by atoms with Crippen LogP contribution in [0.5, 0.6) is 0 Å². The summed E-state index contributed by atoms with van der Waals surface area (Å²) in [6, 6.07) is 0. The topological polar surface area (TPSA) is 61.8 Å². The summed E-state index contributed by atoms with van der Waals surface area (Å²) in [7, 11) is -3.16. The lowest BCUT2D eigenvalue weighted by Crippen LogP contribution is -2.57. The fraction of sp³-hybridized carbons (Fsp3) is 0.917. The molecule has 1 N–H and O–H groups in total. The van der Waals surface area contributed by atoms with Crippen LogP contribution in [0.15, 0.2) is 4.99 Å². The van der Waals surface area contributed by atoms with Gasteiger partial charge in [0.1, 0.15) is 0 Å². The first-order valence-corrected chi connectivity index (χ1v) is 9.58. The molecule has 1 rings (SSSR count). The minimum atomic E-state index is -4.25. The third-order valence-electron chi connectivity index (χ3n) is 3.30. The van der Waals surface area contributed by atoms with Gasteiger partial charge in [-0.05, 0) is 32.5 Å². The van der Waals surface area contributed by atoms with Gasteiger partial charge in [0.15, 0.2) is 15.8 Å². The maximum absolute atomic E-state index is 12.1. The first-order valence-electron chi connectivity index (χ1n) is 6.95. The Morgan fingerprint density at radius 1 is 1.41 bits per heavy atom.